The predicted molar refractivity (Wildman–Crippen MR) is 114 cm³/mol. The topological polar surface area (TPSA) is 51.4 Å². The van der Waals surface area contributed by atoms with Gasteiger partial charge in [-0.1, -0.05) is 48.5 Å². The van der Waals surface area contributed by atoms with Gasteiger partial charge in [0.25, 0.3) is 5.91 Å². The van der Waals surface area contributed by atoms with Crippen molar-refractivity contribution < 1.29 is 4.79 Å². The number of nitrogens with zero attached hydrogens (tertiary/aromatic N) is 2. The van der Waals surface area contributed by atoms with E-state index in [0.29, 0.717) is 18.3 Å². The summed E-state index contributed by atoms with van der Waals surface area (Å²) in [7, 11) is 2.19. The lowest BCUT2D eigenvalue weighted by molar-refractivity contribution is 0.0864. The Morgan fingerprint density at radius 1 is 1.11 bits per heavy atom. The van der Waals surface area contributed by atoms with Crippen LogP contribution in [0.3, 0.4) is 0 Å². The van der Waals surface area contributed by atoms with Gasteiger partial charge in [0.05, 0.1) is 0 Å². The number of hydrogen-bond acceptors (Lipinski definition) is 3. The van der Waals surface area contributed by atoms with Gasteiger partial charge in [-0.15, -0.1) is 0 Å². The molecule has 0 radical (unpaired) electrons. The molecule has 0 saturated carbocycles. The lowest BCUT2D eigenvalue weighted by Crippen LogP contribution is -2.47. The summed E-state index contributed by atoms with van der Waals surface area (Å²) in [4.78, 5) is 20.6. The van der Waals surface area contributed by atoms with E-state index in [0.717, 1.165) is 43.5 Å². The fourth-order valence-electron chi connectivity index (χ4n) is 3.99. The summed E-state index contributed by atoms with van der Waals surface area (Å²) in [6, 6.07) is 21.0. The van der Waals surface area contributed by atoms with Crippen LogP contribution < -0.4 is 5.32 Å². The Morgan fingerprint density at radius 2 is 1.89 bits per heavy atom. The Kier molecular flexibility index (Phi) is 5.74. The third kappa shape index (κ3) is 4.26. The summed E-state index contributed by atoms with van der Waals surface area (Å²) in [5, 5.41) is 4.12. The maximum absolute atomic E-state index is 12.4. The van der Waals surface area contributed by atoms with Crippen molar-refractivity contribution in [3.63, 3.8) is 0 Å². The molecular weight excluding hydrogens is 348 g/mol. The summed E-state index contributed by atoms with van der Waals surface area (Å²) in [6.45, 7) is 4.87. The summed E-state index contributed by atoms with van der Waals surface area (Å²) in [6.07, 6.45) is 0.943. The molecule has 146 valence electrons. The summed E-state index contributed by atoms with van der Waals surface area (Å²) < 4.78 is 0. The third-order valence-electron chi connectivity index (χ3n) is 5.56. The number of H-pyrrole nitrogens is 1. The average molecular weight is 377 g/mol. The first-order valence-electron chi connectivity index (χ1n) is 10.0. The highest BCUT2D eigenvalue weighted by molar-refractivity contribution is 5.97. The second-order valence-electron chi connectivity index (χ2n) is 7.60. The van der Waals surface area contributed by atoms with Crippen molar-refractivity contribution in [3.8, 4) is 0 Å². The van der Waals surface area contributed by atoms with Gasteiger partial charge < -0.3 is 15.2 Å². The fourth-order valence-corrected chi connectivity index (χ4v) is 3.99. The van der Waals surface area contributed by atoms with Gasteiger partial charge in [0.2, 0.25) is 0 Å². The van der Waals surface area contributed by atoms with Gasteiger partial charge in [0.15, 0.2) is 0 Å². The third-order valence-corrected chi connectivity index (χ3v) is 5.56. The number of piperazine rings is 1. The zero-order valence-corrected chi connectivity index (χ0v) is 16.4. The van der Waals surface area contributed by atoms with Crippen LogP contribution in [0.4, 0.5) is 0 Å². The van der Waals surface area contributed by atoms with E-state index in [4.69, 9.17) is 0 Å². The number of aromatic amines is 1. The standard InChI is InChI=1S/C23H28N4O/c1-26-14-15-27(22(17-26)18-8-3-2-4-9-18)13-7-12-24-23(28)21-16-19-10-5-6-11-20(19)25-21/h2-6,8-11,16,22,25H,7,12-15,17H2,1H3,(H,24,28)/t22-/m0/s1. The molecule has 2 N–H and O–H groups in total. The van der Waals surface area contributed by atoms with E-state index in [9.17, 15) is 4.79 Å². The van der Waals surface area contributed by atoms with Gasteiger partial charge in [-0.2, -0.15) is 0 Å². The van der Waals surface area contributed by atoms with Crippen LogP contribution in [-0.4, -0.2) is 60.5 Å². The minimum Gasteiger partial charge on any atom is -0.351 e. The van der Waals surface area contributed by atoms with E-state index in [-0.39, 0.29) is 5.91 Å². The van der Waals surface area contributed by atoms with Crippen LogP contribution in [0.15, 0.2) is 60.7 Å². The molecule has 5 heteroatoms. The Labute approximate surface area is 166 Å². The molecule has 0 aliphatic carbocycles. The van der Waals surface area contributed by atoms with Crippen molar-refractivity contribution in [1.29, 1.82) is 0 Å². The Hall–Kier alpha value is -2.63. The number of carbonyl (C=O) groups excluding carboxylic acids is 1. The van der Waals surface area contributed by atoms with Crippen molar-refractivity contribution in [3.05, 3.63) is 71.9 Å². The first-order chi connectivity index (χ1) is 13.7. The molecule has 1 atom stereocenters. The number of aromatic nitrogens is 1. The van der Waals surface area contributed by atoms with Crippen LogP contribution >= 0.6 is 0 Å². The summed E-state index contributed by atoms with van der Waals surface area (Å²) >= 11 is 0. The normalized spacial score (nSPS) is 18.4. The largest absolute Gasteiger partial charge is 0.351 e. The zero-order valence-electron chi connectivity index (χ0n) is 16.4. The molecule has 1 aliphatic rings. The lowest BCUT2D eigenvalue weighted by Gasteiger charge is -2.40. The van der Waals surface area contributed by atoms with Crippen molar-refractivity contribution in [2.24, 2.45) is 0 Å². The second kappa shape index (κ2) is 8.59. The first kappa shape index (κ1) is 18.7. The molecular formula is C23H28N4O. The molecule has 1 saturated heterocycles. The molecule has 0 bridgehead atoms. The second-order valence-corrected chi connectivity index (χ2v) is 7.60. The monoisotopic (exact) mass is 376 g/mol. The first-order valence-corrected chi connectivity index (χ1v) is 10.0. The molecule has 1 fully saturated rings. The molecule has 4 rings (SSSR count). The van der Waals surface area contributed by atoms with Crippen LogP contribution in [0.2, 0.25) is 0 Å². The van der Waals surface area contributed by atoms with E-state index >= 15 is 0 Å². The summed E-state index contributed by atoms with van der Waals surface area (Å²) in [5.41, 5.74) is 3.00. The van der Waals surface area contributed by atoms with Crippen LogP contribution in [0.5, 0.6) is 0 Å². The van der Waals surface area contributed by atoms with Crippen molar-refractivity contribution in [2.75, 3.05) is 39.8 Å². The Bertz CT molecular complexity index is 888. The quantitative estimate of drug-likeness (QED) is 0.649. The zero-order chi connectivity index (χ0) is 19.3. The molecule has 1 aliphatic heterocycles. The minimum atomic E-state index is -0.0332. The molecule has 2 heterocycles. The number of nitrogens with one attached hydrogen (secondary N) is 2. The van der Waals surface area contributed by atoms with E-state index in [1.807, 2.05) is 30.3 Å². The van der Waals surface area contributed by atoms with Crippen LogP contribution in [0, 0.1) is 0 Å². The number of rotatable bonds is 6. The minimum absolute atomic E-state index is 0.0332. The maximum Gasteiger partial charge on any atom is 0.267 e. The number of fused-ring (bicyclic) bond motifs is 1. The van der Waals surface area contributed by atoms with Crippen LogP contribution in [-0.2, 0) is 0 Å². The molecule has 3 aromatic rings. The highest BCUT2D eigenvalue weighted by atomic mass is 16.1. The SMILES string of the molecule is CN1CCN(CCCNC(=O)c2cc3ccccc3[nH]2)[C@H](c2ccccc2)C1. The maximum atomic E-state index is 12.4. The molecule has 28 heavy (non-hydrogen) atoms. The smallest absolute Gasteiger partial charge is 0.267 e. The highest BCUT2D eigenvalue weighted by Crippen LogP contribution is 2.24. The number of carbonyl (C=O) groups is 1. The number of benzene rings is 2. The average Bonchev–Trinajstić information content (AvgIpc) is 3.17. The predicted octanol–water partition coefficient (Wildman–Crippen LogP) is 3.28. The van der Waals surface area contributed by atoms with Gasteiger partial charge in [-0.05, 0) is 31.2 Å². The highest BCUT2D eigenvalue weighted by Gasteiger charge is 2.25. The lowest BCUT2D eigenvalue weighted by atomic mass is 10.0. The molecule has 5 nitrogen and oxygen atoms in total. The van der Waals surface area contributed by atoms with E-state index < -0.39 is 0 Å². The molecule has 1 amide bonds. The van der Waals surface area contributed by atoms with E-state index in [1.165, 1.54) is 5.56 Å². The van der Waals surface area contributed by atoms with Gasteiger partial charge in [-0.25, -0.2) is 0 Å². The Balaban J connectivity index is 1.30. The number of para-hydroxylation sites is 1. The molecule has 2 aromatic carbocycles. The fraction of sp³-hybridized carbons (Fsp3) is 0.348. The van der Waals surface area contributed by atoms with Gasteiger partial charge in [-0.3, -0.25) is 9.69 Å². The molecule has 0 spiro atoms. The summed E-state index contributed by atoms with van der Waals surface area (Å²) in [5.74, 6) is -0.0332. The van der Waals surface area contributed by atoms with Gasteiger partial charge >= 0.3 is 0 Å². The molecule has 1 aromatic heterocycles. The van der Waals surface area contributed by atoms with Crippen LogP contribution in [0.25, 0.3) is 10.9 Å². The van der Waals surface area contributed by atoms with E-state index in [1.54, 1.807) is 0 Å². The van der Waals surface area contributed by atoms with Gasteiger partial charge in [0.1, 0.15) is 5.69 Å². The van der Waals surface area contributed by atoms with Gasteiger partial charge in [0, 0.05) is 49.7 Å². The van der Waals surface area contributed by atoms with E-state index in [2.05, 4.69) is 57.5 Å². The van der Waals surface area contributed by atoms with Crippen molar-refractivity contribution >= 4 is 16.8 Å². The van der Waals surface area contributed by atoms with Crippen LogP contribution in [0.1, 0.15) is 28.5 Å². The number of hydrogen-bond donors (Lipinski definition) is 2. The number of likely N-dealkylation sites (N-methyl/N-ethyl adjacent to an activating group) is 1. The molecule has 0 unspecified atom stereocenters. The van der Waals surface area contributed by atoms with Crippen molar-refractivity contribution in [2.45, 2.75) is 12.5 Å². The Morgan fingerprint density at radius 3 is 2.71 bits per heavy atom. The number of amides is 1. The van der Waals surface area contributed by atoms with Crippen molar-refractivity contribution in [1.82, 2.24) is 20.1 Å².